The molecule has 0 radical (unpaired) electrons. The van der Waals surface area contributed by atoms with Gasteiger partial charge in [-0.3, -0.25) is 0 Å². The number of methoxy groups -OCH3 is 1. The third-order valence-corrected chi connectivity index (χ3v) is 4.76. The van der Waals surface area contributed by atoms with Crippen LogP contribution in [0.1, 0.15) is 18.9 Å². The number of nitrogens with zero attached hydrogens (tertiary/aromatic N) is 3. The predicted molar refractivity (Wildman–Crippen MR) is 93.3 cm³/mol. The highest BCUT2D eigenvalue weighted by Crippen LogP contribution is 2.32. The monoisotopic (exact) mass is 381 g/mol. The van der Waals surface area contributed by atoms with Gasteiger partial charge in [0.25, 0.3) is 0 Å². The lowest BCUT2D eigenvalue weighted by Gasteiger charge is -2.42. The van der Waals surface area contributed by atoms with E-state index in [0.29, 0.717) is 30.7 Å². The van der Waals surface area contributed by atoms with Crippen LogP contribution in [0.25, 0.3) is 11.3 Å². The van der Waals surface area contributed by atoms with E-state index in [1.807, 2.05) is 0 Å². The SMILES string of the molecule is COCCCC1OC(CO)[C@H](O)[C@H](n2cc(-c3cccc(F)c3)nn2)C1O. The Kier molecular flexibility index (Phi) is 6.51. The molecule has 1 aromatic carbocycles. The van der Waals surface area contributed by atoms with Crippen LogP contribution in [-0.2, 0) is 9.47 Å². The van der Waals surface area contributed by atoms with Crippen molar-refractivity contribution in [2.45, 2.75) is 43.3 Å². The van der Waals surface area contributed by atoms with E-state index in [1.54, 1.807) is 19.2 Å². The maximum atomic E-state index is 13.4. The van der Waals surface area contributed by atoms with Crippen LogP contribution in [-0.4, -0.2) is 75.1 Å². The van der Waals surface area contributed by atoms with E-state index in [-0.39, 0.29) is 0 Å². The molecule has 0 spiro atoms. The van der Waals surface area contributed by atoms with Crippen molar-refractivity contribution in [2.75, 3.05) is 20.3 Å². The van der Waals surface area contributed by atoms with Gasteiger partial charge < -0.3 is 24.8 Å². The largest absolute Gasteiger partial charge is 0.394 e. The first kappa shape index (κ1) is 19.8. The van der Waals surface area contributed by atoms with E-state index >= 15 is 0 Å². The van der Waals surface area contributed by atoms with Gasteiger partial charge in [-0.1, -0.05) is 17.3 Å². The number of hydrogen-bond donors (Lipinski definition) is 3. The van der Waals surface area contributed by atoms with Gasteiger partial charge in [-0.25, -0.2) is 9.07 Å². The number of hydrogen-bond acceptors (Lipinski definition) is 7. The summed E-state index contributed by atoms with van der Waals surface area (Å²) in [6, 6.07) is 5.07. The van der Waals surface area contributed by atoms with Gasteiger partial charge in [-0.05, 0) is 25.0 Å². The summed E-state index contributed by atoms with van der Waals surface area (Å²) in [5.41, 5.74) is 0.949. The minimum Gasteiger partial charge on any atom is -0.394 e. The lowest BCUT2D eigenvalue weighted by Crippen LogP contribution is -2.56. The van der Waals surface area contributed by atoms with Crippen LogP contribution < -0.4 is 0 Å². The molecular weight excluding hydrogens is 357 g/mol. The number of aromatic nitrogens is 3. The number of ether oxygens (including phenoxy) is 2. The van der Waals surface area contributed by atoms with Crippen molar-refractivity contribution in [1.82, 2.24) is 15.0 Å². The van der Waals surface area contributed by atoms with Crippen LogP contribution in [0.2, 0.25) is 0 Å². The Morgan fingerprint density at radius 1 is 1.26 bits per heavy atom. The molecule has 1 fully saturated rings. The fourth-order valence-electron chi connectivity index (χ4n) is 3.36. The van der Waals surface area contributed by atoms with Crippen molar-refractivity contribution in [3.8, 4) is 11.3 Å². The van der Waals surface area contributed by atoms with Crippen molar-refractivity contribution in [2.24, 2.45) is 0 Å². The third-order valence-electron chi connectivity index (χ3n) is 4.76. The molecule has 9 heteroatoms. The molecule has 1 aliphatic heterocycles. The Labute approximate surface area is 156 Å². The Hall–Kier alpha value is -1.91. The molecule has 0 aliphatic carbocycles. The Morgan fingerprint density at radius 3 is 2.74 bits per heavy atom. The zero-order valence-electron chi connectivity index (χ0n) is 15.0. The fourth-order valence-corrected chi connectivity index (χ4v) is 3.36. The molecule has 3 unspecified atom stereocenters. The van der Waals surface area contributed by atoms with Crippen molar-refractivity contribution < 1.29 is 29.2 Å². The van der Waals surface area contributed by atoms with Crippen molar-refractivity contribution >= 4 is 0 Å². The first-order valence-corrected chi connectivity index (χ1v) is 8.84. The molecule has 0 bridgehead atoms. The summed E-state index contributed by atoms with van der Waals surface area (Å²) >= 11 is 0. The predicted octanol–water partition coefficient (Wildman–Crippen LogP) is 0.533. The van der Waals surface area contributed by atoms with Gasteiger partial charge in [-0.2, -0.15) is 0 Å². The first-order valence-electron chi connectivity index (χ1n) is 8.84. The van der Waals surface area contributed by atoms with Gasteiger partial charge in [0, 0.05) is 19.3 Å². The number of aliphatic hydroxyl groups excluding tert-OH is 3. The average Bonchev–Trinajstić information content (AvgIpc) is 3.13. The second kappa shape index (κ2) is 8.85. The lowest BCUT2D eigenvalue weighted by atomic mass is 9.90. The molecule has 2 aromatic rings. The van der Waals surface area contributed by atoms with E-state index in [9.17, 15) is 19.7 Å². The molecule has 2 heterocycles. The highest BCUT2D eigenvalue weighted by Gasteiger charge is 2.45. The molecule has 0 saturated carbocycles. The number of rotatable bonds is 7. The summed E-state index contributed by atoms with van der Waals surface area (Å²) in [4.78, 5) is 0. The molecule has 5 atom stereocenters. The van der Waals surface area contributed by atoms with Crippen LogP contribution in [0.4, 0.5) is 4.39 Å². The van der Waals surface area contributed by atoms with Gasteiger partial charge in [0.2, 0.25) is 0 Å². The Morgan fingerprint density at radius 2 is 2.04 bits per heavy atom. The van der Waals surface area contributed by atoms with E-state index in [0.717, 1.165) is 0 Å². The van der Waals surface area contributed by atoms with Gasteiger partial charge in [0.15, 0.2) is 0 Å². The van der Waals surface area contributed by atoms with Crippen molar-refractivity contribution in [1.29, 1.82) is 0 Å². The molecule has 8 nitrogen and oxygen atoms in total. The molecule has 3 N–H and O–H groups in total. The topological polar surface area (TPSA) is 110 Å². The van der Waals surface area contributed by atoms with Gasteiger partial charge in [-0.15, -0.1) is 5.10 Å². The molecule has 3 rings (SSSR count). The van der Waals surface area contributed by atoms with Crippen molar-refractivity contribution in [3.63, 3.8) is 0 Å². The van der Waals surface area contributed by atoms with Crippen LogP contribution >= 0.6 is 0 Å². The molecule has 1 aliphatic rings. The third kappa shape index (κ3) is 4.33. The summed E-state index contributed by atoms with van der Waals surface area (Å²) in [7, 11) is 1.59. The maximum Gasteiger partial charge on any atom is 0.123 e. The van der Waals surface area contributed by atoms with Crippen LogP contribution in [0.15, 0.2) is 30.5 Å². The Balaban J connectivity index is 1.84. The molecule has 1 aromatic heterocycles. The van der Waals surface area contributed by atoms with E-state index in [4.69, 9.17) is 9.47 Å². The normalized spacial score (nSPS) is 28.4. The zero-order valence-corrected chi connectivity index (χ0v) is 15.0. The smallest absolute Gasteiger partial charge is 0.123 e. The molecule has 1 saturated heterocycles. The first-order chi connectivity index (χ1) is 13.0. The summed E-state index contributed by atoms with van der Waals surface area (Å²) in [6.45, 7) is 0.118. The molecule has 0 amide bonds. The highest BCUT2D eigenvalue weighted by molar-refractivity contribution is 5.57. The quantitative estimate of drug-likeness (QED) is 0.600. The summed E-state index contributed by atoms with van der Waals surface area (Å²) < 4.78 is 25.5. The van der Waals surface area contributed by atoms with E-state index in [2.05, 4.69) is 10.3 Å². The minimum atomic E-state index is -1.18. The van der Waals surface area contributed by atoms with Crippen LogP contribution in [0, 0.1) is 5.82 Å². The summed E-state index contributed by atoms with van der Waals surface area (Å²) in [6.07, 6.45) is -0.976. The maximum absolute atomic E-state index is 13.4. The molecule has 27 heavy (non-hydrogen) atoms. The van der Waals surface area contributed by atoms with Crippen LogP contribution in [0.3, 0.4) is 0 Å². The average molecular weight is 381 g/mol. The lowest BCUT2D eigenvalue weighted by molar-refractivity contribution is -0.207. The molecule has 148 valence electrons. The number of aliphatic hydroxyl groups is 3. The number of halogens is 1. The van der Waals surface area contributed by atoms with E-state index < -0.39 is 42.9 Å². The van der Waals surface area contributed by atoms with Gasteiger partial charge >= 0.3 is 0 Å². The Bertz CT molecular complexity index is 743. The minimum absolute atomic E-state index is 0.392. The second-order valence-electron chi connectivity index (χ2n) is 6.60. The van der Waals surface area contributed by atoms with Gasteiger partial charge in [0.05, 0.1) is 18.9 Å². The van der Waals surface area contributed by atoms with Gasteiger partial charge in [0.1, 0.15) is 35.9 Å². The van der Waals surface area contributed by atoms with Crippen molar-refractivity contribution in [3.05, 3.63) is 36.3 Å². The van der Waals surface area contributed by atoms with E-state index in [1.165, 1.54) is 23.0 Å². The zero-order chi connectivity index (χ0) is 19.4. The standard InChI is InChI=1S/C18H24FN3O5/c1-26-7-3-6-14-17(24)16(18(25)15(10-23)27-14)22-9-13(20-21-22)11-4-2-5-12(19)8-11/h2,4-5,8-9,14-18,23-25H,3,6-7,10H2,1H3/t14?,15?,16-,17?,18+/m1/s1. The fraction of sp³-hybridized carbons (Fsp3) is 0.556. The second-order valence-corrected chi connectivity index (χ2v) is 6.60. The van der Waals surface area contributed by atoms with Crippen LogP contribution in [0.5, 0.6) is 0 Å². The molecular formula is C18H24FN3O5. The number of benzene rings is 1. The summed E-state index contributed by atoms with van der Waals surface area (Å²) in [5.74, 6) is -0.397. The highest BCUT2D eigenvalue weighted by atomic mass is 19.1. The summed E-state index contributed by atoms with van der Waals surface area (Å²) in [5, 5.41) is 38.9.